The molecule has 0 radical (unpaired) electrons. The second-order valence-corrected chi connectivity index (χ2v) is 5.58. The maximum atomic E-state index is 11.8. The fourth-order valence-corrected chi connectivity index (χ4v) is 2.24. The summed E-state index contributed by atoms with van der Waals surface area (Å²) >= 11 is 0. The van der Waals surface area contributed by atoms with Crippen LogP contribution in [0.25, 0.3) is 11.3 Å². The Morgan fingerprint density at radius 2 is 1.77 bits per heavy atom. The third-order valence-corrected chi connectivity index (χ3v) is 3.62. The van der Waals surface area contributed by atoms with Gasteiger partial charge in [-0.05, 0) is 31.2 Å². The highest BCUT2D eigenvalue weighted by atomic mass is 16.6. The van der Waals surface area contributed by atoms with Gasteiger partial charge in [-0.15, -0.1) is 0 Å². The zero-order valence-electron chi connectivity index (χ0n) is 14.2. The lowest BCUT2D eigenvalue weighted by atomic mass is 10.1. The van der Waals surface area contributed by atoms with Crippen LogP contribution in [0.5, 0.6) is 5.75 Å². The predicted octanol–water partition coefficient (Wildman–Crippen LogP) is 3.67. The molecule has 0 unspecified atom stereocenters. The molecule has 26 heavy (non-hydrogen) atoms. The summed E-state index contributed by atoms with van der Waals surface area (Å²) in [7, 11) is 0. The van der Waals surface area contributed by atoms with Crippen LogP contribution in [0.2, 0.25) is 0 Å². The van der Waals surface area contributed by atoms with Crippen molar-refractivity contribution in [2.24, 2.45) is 0 Å². The Morgan fingerprint density at radius 3 is 2.46 bits per heavy atom. The summed E-state index contributed by atoms with van der Waals surface area (Å²) in [6, 6.07) is 17.8. The number of aromatic nitrogens is 1. The summed E-state index contributed by atoms with van der Waals surface area (Å²) in [4.78, 5) is 23.0. The zero-order chi connectivity index (χ0) is 18.4. The molecule has 1 aromatic heterocycles. The molecule has 0 aliphatic carbocycles. The SMILES string of the molecule is CC(=O)c1ccc(OCC(=O)OCc2cc(-c3ccccc3)on2)cc1. The Labute approximate surface area is 150 Å². The first-order valence-corrected chi connectivity index (χ1v) is 8.02. The van der Waals surface area contributed by atoms with Crippen LogP contribution in [0.15, 0.2) is 65.2 Å². The number of ether oxygens (including phenoxy) is 2. The van der Waals surface area contributed by atoms with E-state index in [9.17, 15) is 9.59 Å². The number of nitrogens with zero attached hydrogens (tertiary/aromatic N) is 1. The van der Waals surface area contributed by atoms with Crippen molar-refractivity contribution in [2.45, 2.75) is 13.5 Å². The van der Waals surface area contributed by atoms with Crippen LogP contribution in [-0.4, -0.2) is 23.5 Å². The number of carbonyl (C=O) groups excluding carboxylic acids is 2. The minimum absolute atomic E-state index is 0.00179. The number of benzene rings is 2. The van der Waals surface area contributed by atoms with Crippen LogP contribution in [0.4, 0.5) is 0 Å². The molecule has 0 aliphatic heterocycles. The van der Waals surface area contributed by atoms with E-state index in [0.717, 1.165) is 5.56 Å². The second kappa shape index (κ2) is 8.11. The molecular weight excluding hydrogens is 334 g/mol. The Morgan fingerprint density at radius 1 is 1.04 bits per heavy atom. The molecule has 0 N–H and O–H groups in total. The molecule has 0 bridgehead atoms. The molecule has 0 saturated carbocycles. The molecule has 6 nitrogen and oxygen atoms in total. The van der Waals surface area contributed by atoms with E-state index in [1.165, 1.54) is 6.92 Å². The van der Waals surface area contributed by atoms with Crippen molar-refractivity contribution in [3.05, 3.63) is 71.9 Å². The van der Waals surface area contributed by atoms with E-state index in [4.69, 9.17) is 14.0 Å². The largest absolute Gasteiger partial charge is 0.482 e. The Hall–Kier alpha value is -3.41. The van der Waals surface area contributed by atoms with Crippen molar-refractivity contribution < 1.29 is 23.6 Å². The number of ketones is 1. The molecule has 0 spiro atoms. The van der Waals surface area contributed by atoms with Crippen molar-refractivity contribution in [2.75, 3.05) is 6.61 Å². The number of hydrogen-bond acceptors (Lipinski definition) is 6. The molecule has 0 amide bonds. The lowest BCUT2D eigenvalue weighted by molar-refractivity contribution is -0.147. The molecule has 0 saturated heterocycles. The average molecular weight is 351 g/mol. The summed E-state index contributed by atoms with van der Waals surface area (Å²) in [5, 5.41) is 3.88. The second-order valence-electron chi connectivity index (χ2n) is 5.58. The molecule has 2 aromatic carbocycles. The molecular formula is C20H17NO5. The van der Waals surface area contributed by atoms with Gasteiger partial charge in [0.05, 0.1) is 0 Å². The summed E-state index contributed by atoms with van der Waals surface area (Å²) in [6.07, 6.45) is 0. The summed E-state index contributed by atoms with van der Waals surface area (Å²) < 4.78 is 15.7. The number of Topliss-reactive ketones (excluding diaryl/α,β-unsaturated/α-hetero) is 1. The molecule has 3 aromatic rings. The van der Waals surface area contributed by atoms with E-state index in [-0.39, 0.29) is 19.0 Å². The van der Waals surface area contributed by atoms with Gasteiger partial charge >= 0.3 is 5.97 Å². The molecule has 3 rings (SSSR count). The van der Waals surface area contributed by atoms with E-state index >= 15 is 0 Å². The minimum Gasteiger partial charge on any atom is -0.482 e. The molecule has 0 aliphatic rings. The van der Waals surface area contributed by atoms with Gasteiger partial charge in [0.2, 0.25) is 0 Å². The van der Waals surface area contributed by atoms with Crippen LogP contribution < -0.4 is 4.74 Å². The Bertz CT molecular complexity index is 884. The van der Waals surface area contributed by atoms with Gasteiger partial charge in [0.25, 0.3) is 0 Å². The van der Waals surface area contributed by atoms with Crippen molar-refractivity contribution in [1.29, 1.82) is 0 Å². The highest BCUT2D eigenvalue weighted by Gasteiger charge is 2.10. The third kappa shape index (κ3) is 4.57. The van der Waals surface area contributed by atoms with Gasteiger partial charge in [-0.25, -0.2) is 4.79 Å². The van der Waals surface area contributed by atoms with Crippen molar-refractivity contribution >= 4 is 11.8 Å². The van der Waals surface area contributed by atoms with Gasteiger partial charge in [-0.1, -0.05) is 35.5 Å². The van der Waals surface area contributed by atoms with Crippen molar-refractivity contribution in [1.82, 2.24) is 5.16 Å². The third-order valence-electron chi connectivity index (χ3n) is 3.62. The topological polar surface area (TPSA) is 78.6 Å². The normalized spacial score (nSPS) is 10.3. The first-order valence-electron chi connectivity index (χ1n) is 8.02. The summed E-state index contributed by atoms with van der Waals surface area (Å²) in [6.45, 7) is 1.25. The zero-order valence-corrected chi connectivity index (χ0v) is 14.2. The standard InChI is InChI=1S/C20H17NO5/c1-14(22)15-7-9-18(10-8-15)24-13-20(23)25-12-17-11-19(26-21-17)16-5-3-2-4-6-16/h2-11H,12-13H2,1H3. The maximum absolute atomic E-state index is 11.8. The average Bonchev–Trinajstić information content (AvgIpc) is 3.15. The highest BCUT2D eigenvalue weighted by molar-refractivity contribution is 5.94. The van der Waals surface area contributed by atoms with E-state index in [0.29, 0.717) is 22.8 Å². The van der Waals surface area contributed by atoms with Gasteiger partial charge in [0.1, 0.15) is 18.1 Å². The van der Waals surface area contributed by atoms with Crippen LogP contribution in [0, 0.1) is 0 Å². The van der Waals surface area contributed by atoms with Crippen LogP contribution in [0.3, 0.4) is 0 Å². The van der Waals surface area contributed by atoms with Gasteiger partial charge in [-0.3, -0.25) is 4.79 Å². The summed E-state index contributed by atoms with van der Waals surface area (Å²) in [5.41, 5.74) is 2.00. The van der Waals surface area contributed by atoms with E-state index in [2.05, 4.69) is 5.16 Å². The van der Waals surface area contributed by atoms with Crippen LogP contribution >= 0.6 is 0 Å². The number of rotatable bonds is 7. The quantitative estimate of drug-likeness (QED) is 0.477. The lowest BCUT2D eigenvalue weighted by Gasteiger charge is -2.06. The fourth-order valence-electron chi connectivity index (χ4n) is 2.24. The van der Waals surface area contributed by atoms with E-state index in [1.54, 1.807) is 30.3 Å². The van der Waals surface area contributed by atoms with Gasteiger partial charge in [0.15, 0.2) is 18.2 Å². The van der Waals surface area contributed by atoms with Crippen LogP contribution in [0.1, 0.15) is 23.0 Å². The Kier molecular flexibility index (Phi) is 5.43. The first-order chi connectivity index (χ1) is 12.6. The van der Waals surface area contributed by atoms with Gasteiger partial charge in [0, 0.05) is 17.2 Å². The predicted molar refractivity (Wildman–Crippen MR) is 93.7 cm³/mol. The van der Waals surface area contributed by atoms with Crippen molar-refractivity contribution in [3.8, 4) is 17.1 Å². The first kappa shape index (κ1) is 17.4. The smallest absolute Gasteiger partial charge is 0.344 e. The van der Waals surface area contributed by atoms with E-state index < -0.39 is 5.97 Å². The summed E-state index contributed by atoms with van der Waals surface area (Å²) in [5.74, 6) is 0.543. The maximum Gasteiger partial charge on any atom is 0.344 e. The number of carbonyl (C=O) groups is 2. The molecule has 0 atom stereocenters. The molecule has 0 fully saturated rings. The fraction of sp³-hybridized carbons (Fsp3) is 0.150. The number of esters is 1. The molecule has 132 valence electrons. The minimum atomic E-state index is -0.523. The molecule has 1 heterocycles. The monoisotopic (exact) mass is 351 g/mol. The van der Waals surface area contributed by atoms with Gasteiger partial charge in [-0.2, -0.15) is 0 Å². The lowest BCUT2D eigenvalue weighted by Crippen LogP contribution is -2.14. The number of hydrogen-bond donors (Lipinski definition) is 0. The van der Waals surface area contributed by atoms with Crippen LogP contribution in [-0.2, 0) is 16.1 Å². The Balaban J connectivity index is 1.47. The van der Waals surface area contributed by atoms with Gasteiger partial charge < -0.3 is 14.0 Å². The van der Waals surface area contributed by atoms with Crippen molar-refractivity contribution in [3.63, 3.8) is 0 Å². The highest BCUT2D eigenvalue weighted by Crippen LogP contribution is 2.20. The molecule has 6 heteroatoms. The van der Waals surface area contributed by atoms with E-state index in [1.807, 2.05) is 30.3 Å².